The van der Waals surface area contributed by atoms with E-state index in [0.717, 1.165) is 10.2 Å². The van der Waals surface area contributed by atoms with Crippen LogP contribution < -0.4 is 11.3 Å². The number of anilines is 1. The van der Waals surface area contributed by atoms with Crippen molar-refractivity contribution in [2.45, 2.75) is 13.0 Å². The molecule has 0 saturated carbocycles. The van der Waals surface area contributed by atoms with Crippen LogP contribution in [0, 0.1) is 0 Å². The third-order valence-corrected chi connectivity index (χ3v) is 3.86. The first-order valence-electron chi connectivity index (χ1n) is 5.39. The fourth-order valence-electron chi connectivity index (χ4n) is 1.46. The molecule has 7 heteroatoms. The fraction of sp³-hybridized carbons (Fsp3) is 0.455. The molecule has 0 spiro atoms. The molecular weight excluding hydrogens is 316 g/mol. The van der Waals surface area contributed by atoms with Crippen molar-refractivity contribution in [3.8, 4) is 0 Å². The molecule has 0 aliphatic rings. The highest BCUT2D eigenvalue weighted by molar-refractivity contribution is 9.10. The summed E-state index contributed by atoms with van der Waals surface area (Å²) in [6.45, 7) is 2.01. The van der Waals surface area contributed by atoms with Gasteiger partial charge in [-0.2, -0.15) is 11.8 Å². The minimum absolute atomic E-state index is 0.0988. The first-order chi connectivity index (χ1) is 8.51. The predicted octanol–water partition coefficient (Wildman–Crippen LogP) is 1.95. The van der Waals surface area contributed by atoms with Gasteiger partial charge in [-0.05, 0) is 35.2 Å². The van der Waals surface area contributed by atoms with Crippen LogP contribution in [0.5, 0.6) is 0 Å². The van der Waals surface area contributed by atoms with Crippen molar-refractivity contribution in [1.82, 2.24) is 9.88 Å². The molecule has 100 valence electrons. The van der Waals surface area contributed by atoms with E-state index in [-0.39, 0.29) is 11.9 Å². The zero-order valence-electron chi connectivity index (χ0n) is 10.6. The van der Waals surface area contributed by atoms with E-state index in [2.05, 4.69) is 26.3 Å². The lowest BCUT2D eigenvalue weighted by Gasteiger charge is -2.25. The van der Waals surface area contributed by atoms with Gasteiger partial charge >= 0.3 is 0 Å². The van der Waals surface area contributed by atoms with Gasteiger partial charge in [-0.15, -0.1) is 0 Å². The molecule has 1 heterocycles. The Morgan fingerprint density at radius 1 is 1.72 bits per heavy atom. The van der Waals surface area contributed by atoms with Crippen molar-refractivity contribution in [3.05, 3.63) is 22.3 Å². The van der Waals surface area contributed by atoms with E-state index < -0.39 is 0 Å². The van der Waals surface area contributed by atoms with E-state index in [0.29, 0.717) is 11.4 Å². The largest absolute Gasteiger partial charge is 0.338 e. The Bertz CT molecular complexity index is 430. The standard InChI is InChI=1S/C11H17BrN4OS/c1-7(6-18-3)16(2)11(17)9-4-8(12)5-14-10(9)15-13/h4-5,7H,6,13H2,1-3H3,(H,14,15). The molecule has 1 aromatic rings. The molecule has 0 aromatic carbocycles. The summed E-state index contributed by atoms with van der Waals surface area (Å²) in [7, 11) is 1.78. The fourth-order valence-corrected chi connectivity index (χ4v) is 2.50. The maximum Gasteiger partial charge on any atom is 0.257 e. The third kappa shape index (κ3) is 3.60. The molecule has 0 bridgehead atoms. The number of nitrogens with zero attached hydrogens (tertiary/aromatic N) is 2. The summed E-state index contributed by atoms with van der Waals surface area (Å²) >= 11 is 5.01. The van der Waals surface area contributed by atoms with Gasteiger partial charge in [0.05, 0.1) is 5.56 Å². The van der Waals surface area contributed by atoms with Gasteiger partial charge in [-0.1, -0.05) is 0 Å². The van der Waals surface area contributed by atoms with Gasteiger partial charge in [0.15, 0.2) is 5.82 Å². The number of nitrogen functional groups attached to an aromatic ring is 1. The molecule has 1 unspecified atom stereocenters. The van der Waals surface area contributed by atoms with Crippen LogP contribution in [0.15, 0.2) is 16.7 Å². The Labute approximate surface area is 120 Å². The number of halogens is 1. The topological polar surface area (TPSA) is 71.2 Å². The van der Waals surface area contributed by atoms with Crippen LogP contribution in [0.1, 0.15) is 17.3 Å². The number of hydrogen-bond donors (Lipinski definition) is 2. The molecule has 0 aliphatic carbocycles. The summed E-state index contributed by atoms with van der Waals surface area (Å²) < 4.78 is 0.746. The number of nitrogens with one attached hydrogen (secondary N) is 1. The summed E-state index contributed by atoms with van der Waals surface area (Å²) in [4.78, 5) is 18.1. The van der Waals surface area contributed by atoms with E-state index in [4.69, 9.17) is 5.84 Å². The highest BCUT2D eigenvalue weighted by Gasteiger charge is 2.20. The average molecular weight is 333 g/mol. The SMILES string of the molecule is CSCC(C)N(C)C(=O)c1cc(Br)cnc1NN. The average Bonchev–Trinajstić information content (AvgIpc) is 2.37. The zero-order valence-corrected chi connectivity index (χ0v) is 13.0. The molecule has 1 aromatic heterocycles. The van der Waals surface area contributed by atoms with Crippen LogP contribution >= 0.6 is 27.7 Å². The van der Waals surface area contributed by atoms with Crippen LogP contribution in [0.25, 0.3) is 0 Å². The number of carbonyl (C=O) groups is 1. The number of carbonyl (C=O) groups excluding carboxylic acids is 1. The first kappa shape index (κ1) is 15.3. The molecule has 1 rings (SSSR count). The number of nitrogens with two attached hydrogens (primary N) is 1. The Morgan fingerprint density at radius 2 is 2.39 bits per heavy atom. The summed E-state index contributed by atoms with van der Waals surface area (Å²) in [5.41, 5.74) is 2.91. The molecule has 3 N–H and O–H groups in total. The number of hydrazine groups is 1. The van der Waals surface area contributed by atoms with Gasteiger partial charge in [0.1, 0.15) is 0 Å². The zero-order chi connectivity index (χ0) is 13.7. The van der Waals surface area contributed by atoms with Gasteiger partial charge in [0, 0.05) is 29.5 Å². The van der Waals surface area contributed by atoms with Crippen molar-refractivity contribution >= 4 is 39.4 Å². The molecule has 0 radical (unpaired) electrons. The van der Waals surface area contributed by atoms with E-state index in [1.165, 1.54) is 0 Å². The van der Waals surface area contributed by atoms with Crippen molar-refractivity contribution in [3.63, 3.8) is 0 Å². The van der Waals surface area contributed by atoms with E-state index in [1.54, 1.807) is 36.0 Å². The minimum atomic E-state index is -0.0988. The van der Waals surface area contributed by atoms with Crippen molar-refractivity contribution < 1.29 is 4.79 Å². The maximum atomic E-state index is 12.4. The smallest absolute Gasteiger partial charge is 0.257 e. The Balaban J connectivity index is 2.98. The molecule has 1 amide bonds. The quantitative estimate of drug-likeness (QED) is 0.637. The molecule has 0 saturated heterocycles. The highest BCUT2D eigenvalue weighted by atomic mass is 79.9. The molecular formula is C11H17BrN4OS. The van der Waals surface area contributed by atoms with E-state index in [9.17, 15) is 4.79 Å². The Hall–Kier alpha value is -0.790. The van der Waals surface area contributed by atoms with Crippen LogP contribution in [-0.4, -0.2) is 40.9 Å². The lowest BCUT2D eigenvalue weighted by Crippen LogP contribution is -2.37. The van der Waals surface area contributed by atoms with Crippen molar-refractivity contribution in [2.75, 3.05) is 24.5 Å². The van der Waals surface area contributed by atoms with Crippen LogP contribution in [-0.2, 0) is 0 Å². The number of hydrogen-bond acceptors (Lipinski definition) is 5. The molecule has 1 atom stereocenters. The normalized spacial score (nSPS) is 12.1. The summed E-state index contributed by atoms with van der Waals surface area (Å²) in [6, 6.07) is 1.87. The van der Waals surface area contributed by atoms with Gasteiger partial charge < -0.3 is 10.3 Å². The van der Waals surface area contributed by atoms with Gasteiger partial charge in [0.25, 0.3) is 5.91 Å². The van der Waals surface area contributed by atoms with Crippen LogP contribution in [0.2, 0.25) is 0 Å². The number of amides is 1. The second-order valence-corrected chi connectivity index (χ2v) is 5.74. The highest BCUT2D eigenvalue weighted by Crippen LogP contribution is 2.20. The first-order valence-corrected chi connectivity index (χ1v) is 7.58. The Morgan fingerprint density at radius 3 is 2.94 bits per heavy atom. The molecule has 18 heavy (non-hydrogen) atoms. The summed E-state index contributed by atoms with van der Waals surface area (Å²) in [6.07, 6.45) is 3.61. The lowest BCUT2D eigenvalue weighted by molar-refractivity contribution is 0.0758. The second-order valence-electron chi connectivity index (χ2n) is 3.91. The monoisotopic (exact) mass is 332 g/mol. The summed E-state index contributed by atoms with van der Waals surface area (Å²) in [5.74, 6) is 6.54. The van der Waals surface area contributed by atoms with Gasteiger partial charge in [0.2, 0.25) is 0 Å². The molecule has 0 aliphatic heterocycles. The van der Waals surface area contributed by atoms with Crippen LogP contribution in [0.4, 0.5) is 5.82 Å². The number of rotatable bonds is 5. The van der Waals surface area contributed by atoms with Crippen molar-refractivity contribution in [2.24, 2.45) is 5.84 Å². The van der Waals surface area contributed by atoms with Crippen LogP contribution in [0.3, 0.4) is 0 Å². The number of thioether (sulfide) groups is 1. The van der Waals surface area contributed by atoms with Gasteiger partial charge in [-0.3, -0.25) is 4.79 Å². The summed E-state index contributed by atoms with van der Waals surface area (Å²) in [5, 5.41) is 0. The number of aromatic nitrogens is 1. The van der Waals surface area contributed by atoms with Gasteiger partial charge in [-0.25, -0.2) is 10.8 Å². The van der Waals surface area contributed by atoms with Crippen molar-refractivity contribution in [1.29, 1.82) is 0 Å². The van der Waals surface area contributed by atoms with E-state index in [1.807, 2.05) is 13.2 Å². The molecule has 0 fully saturated rings. The Kier molecular flexibility index (Phi) is 5.90. The maximum absolute atomic E-state index is 12.4. The minimum Gasteiger partial charge on any atom is -0.338 e. The second kappa shape index (κ2) is 6.96. The third-order valence-electron chi connectivity index (χ3n) is 2.61. The molecule has 5 nitrogen and oxygen atoms in total. The number of pyridine rings is 1. The lowest BCUT2D eigenvalue weighted by atomic mass is 10.2. The van der Waals surface area contributed by atoms with E-state index >= 15 is 0 Å². The predicted molar refractivity (Wildman–Crippen MR) is 79.7 cm³/mol.